The molecule has 0 aliphatic carbocycles. The Bertz CT molecular complexity index is 790. The van der Waals surface area contributed by atoms with Gasteiger partial charge in [-0.3, -0.25) is 0 Å². The van der Waals surface area contributed by atoms with Crippen LogP contribution in [0, 0.1) is 0 Å². The molecule has 0 radical (unpaired) electrons. The fourth-order valence-electron chi connectivity index (χ4n) is 1.85. The number of aromatic nitrogens is 3. The molecule has 1 aromatic heterocycles. The molecule has 0 aliphatic rings. The van der Waals surface area contributed by atoms with Crippen LogP contribution >= 0.6 is 11.6 Å². The second-order valence-corrected chi connectivity index (χ2v) is 4.96. The first-order valence-corrected chi connectivity index (χ1v) is 6.81. The van der Waals surface area contributed by atoms with Crippen molar-refractivity contribution in [2.24, 2.45) is 0 Å². The maximum atomic E-state index is 9.28. The van der Waals surface area contributed by atoms with Crippen molar-refractivity contribution in [1.29, 1.82) is 0 Å². The zero-order valence-corrected chi connectivity index (χ0v) is 12.1. The molecule has 3 aromatic rings. The lowest BCUT2D eigenvalue weighted by atomic mass is 10.2. The third-order valence-corrected chi connectivity index (χ3v) is 3.13. The molecule has 0 bridgehead atoms. The maximum Gasteiger partial charge on any atom is 0.232 e. The van der Waals surface area contributed by atoms with Crippen LogP contribution in [0.15, 0.2) is 48.5 Å². The zero-order chi connectivity index (χ0) is 15.5. The number of nitrogens with zero attached hydrogens (tertiary/aromatic N) is 3. The van der Waals surface area contributed by atoms with E-state index in [0.29, 0.717) is 16.8 Å². The number of hydrogen-bond acceptors (Lipinski definition) is 6. The zero-order valence-electron chi connectivity index (χ0n) is 11.4. The van der Waals surface area contributed by atoms with Gasteiger partial charge in [0, 0.05) is 16.3 Å². The number of nitrogens with one attached hydrogen (secondary N) is 1. The van der Waals surface area contributed by atoms with Crippen molar-refractivity contribution in [2.45, 2.75) is 0 Å². The molecule has 0 aliphatic heterocycles. The van der Waals surface area contributed by atoms with Crippen LogP contribution in [-0.4, -0.2) is 20.1 Å². The molecule has 2 aromatic carbocycles. The molecule has 0 saturated heterocycles. The van der Waals surface area contributed by atoms with E-state index in [9.17, 15) is 5.11 Å². The summed E-state index contributed by atoms with van der Waals surface area (Å²) in [6.45, 7) is 0. The lowest BCUT2D eigenvalue weighted by Crippen LogP contribution is -2.04. The predicted octanol–water partition coefficient (Wildman–Crippen LogP) is 3.22. The van der Waals surface area contributed by atoms with Gasteiger partial charge in [0.15, 0.2) is 5.82 Å². The van der Waals surface area contributed by atoms with Crippen molar-refractivity contribution in [3.05, 3.63) is 53.6 Å². The largest absolute Gasteiger partial charge is 0.508 e. The van der Waals surface area contributed by atoms with Crippen LogP contribution < -0.4 is 11.1 Å². The number of halogens is 1. The Balaban J connectivity index is 1.92. The second-order valence-electron chi connectivity index (χ2n) is 4.52. The lowest BCUT2D eigenvalue weighted by Gasteiger charge is -2.07. The number of nitrogens with two attached hydrogens (primary N) is 1. The first-order chi connectivity index (χ1) is 10.6. The lowest BCUT2D eigenvalue weighted by molar-refractivity contribution is 0.475. The summed E-state index contributed by atoms with van der Waals surface area (Å²) in [5, 5.41) is 12.9. The SMILES string of the molecule is Nc1nc(Nc2ccc(O)cc2)nc(-c2ccc(Cl)cc2)n1. The Kier molecular flexibility index (Phi) is 3.76. The molecule has 7 heteroatoms. The Morgan fingerprint density at radius 3 is 2.27 bits per heavy atom. The molecule has 0 atom stereocenters. The average Bonchev–Trinajstić information content (AvgIpc) is 2.50. The Hall–Kier alpha value is -2.86. The summed E-state index contributed by atoms with van der Waals surface area (Å²) >= 11 is 5.87. The normalized spacial score (nSPS) is 10.4. The molecule has 22 heavy (non-hydrogen) atoms. The van der Waals surface area contributed by atoms with E-state index >= 15 is 0 Å². The quantitative estimate of drug-likeness (QED) is 0.642. The third-order valence-electron chi connectivity index (χ3n) is 2.88. The standard InChI is InChI=1S/C15H12ClN5O/c16-10-3-1-9(2-4-10)13-19-14(17)21-15(20-13)18-11-5-7-12(22)8-6-11/h1-8,22H,(H3,17,18,19,20,21). The van der Waals surface area contributed by atoms with E-state index in [1.165, 1.54) is 0 Å². The van der Waals surface area contributed by atoms with Gasteiger partial charge in [0.25, 0.3) is 0 Å². The summed E-state index contributed by atoms with van der Waals surface area (Å²) in [6, 6.07) is 13.7. The van der Waals surface area contributed by atoms with Gasteiger partial charge < -0.3 is 16.2 Å². The molecule has 3 rings (SSSR count). The van der Waals surface area contributed by atoms with Crippen LogP contribution in [-0.2, 0) is 0 Å². The summed E-state index contributed by atoms with van der Waals surface area (Å²) in [7, 11) is 0. The van der Waals surface area contributed by atoms with Crippen LogP contribution in [0.3, 0.4) is 0 Å². The number of phenolic OH excluding ortho intramolecular Hbond substituents is 1. The van der Waals surface area contributed by atoms with E-state index in [0.717, 1.165) is 11.3 Å². The Morgan fingerprint density at radius 1 is 0.909 bits per heavy atom. The highest BCUT2D eigenvalue weighted by Crippen LogP contribution is 2.22. The molecule has 0 amide bonds. The highest BCUT2D eigenvalue weighted by Gasteiger charge is 2.07. The monoisotopic (exact) mass is 313 g/mol. The van der Waals surface area contributed by atoms with Gasteiger partial charge in [-0.05, 0) is 48.5 Å². The van der Waals surface area contributed by atoms with Gasteiger partial charge in [0.1, 0.15) is 5.75 Å². The fraction of sp³-hybridized carbons (Fsp3) is 0. The van der Waals surface area contributed by atoms with Crippen molar-refractivity contribution in [2.75, 3.05) is 11.1 Å². The minimum absolute atomic E-state index is 0.112. The fourth-order valence-corrected chi connectivity index (χ4v) is 1.98. The highest BCUT2D eigenvalue weighted by molar-refractivity contribution is 6.30. The number of hydrogen-bond donors (Lipinski definition) is 3. The molecular formula is C15H12ClN5O. The number of phenols is 1. The number of benzene rings is 2. The molecule has 0 unspecified atom stereocenters. The van der Waals surface area contributed by atoms with Crippen molar-refractivity contribution in [1.82, 2.24) is 15.0 Å². The maximum absolute atomic E-state index is 9.28. The van der Waals surface area contributed by atoms with Crippen LogP contribution in [0.25, 0.3) is 11.4 Å². The van der Waals surface area contributed by atoms with Gasteiger partial charge in [-0.15, -0.1) is 0 Å². The molecule has 0 spiro atoms. The molecule has 6 nitrogen and oxygen atoms in total. The second kappa shape index (κ2) is 5.87. The van der Waals surface area contributed by atoms with Gasteiger partial charge >= 0.3 is 0 Å². The van der Waals surface area contributed by atoms with E-state index in [1.807, 2.05) is 0 Å². The summed E-state index contributed by atoms with van der Waals surface area (Å²) in [5.41, 5.74) is 7.25. The Labute approximate surface area is 131 Å². The van der Waals surface area contributed by atoms with E-state index in [4.69, 9.17) is 17.3 Å². The topological polar surface area (TPSA) is 97.0 Å². The molecule has 110 valence electrons. The van der Waals surface area contributed by atoms with Crippen molar-refractivity contribution < 1.29 is 5.11 Å². The van der Waals surface area contributed by atoms with Gasteiger partial charge in [-0.1, -0.05) is 11.6 Å². The van der Waals surface area contributed by atoms with Gasteiger partial charge in [-0.2, -0.15) is 15.0 Å². The van der Waals surface area contributed by atoms with E-state index in [1.54, 1.807) is 48.5 Å². The van der Waals surface area contributed by atoms with Gasteiger partial charge in [-0.25, -0.2) is 0 Å². The average molecular weight is 314 g/mol. The molecule has 0 fully saturated rings. The first kappa shape index (κ1) is 14.1. The summed E-state index contributed by atoms with van der Waals surface area (Å²) in [4.78, 5) is 12.5. The minimum Gasteiger partial charge on any atom is -0.508 e. The van der Waals surface area contributed by atoms with Gasteiger partial charge in [0.05, 0.1) is 0 Å². The van der Waals surface area contributed by atoms with E-state index in [2.05, 4.69) is 20.3 Å². The summed E-state index contributed by atoms with van der Waals surface area (Å²) < 4.78 is 0. The number of nitrogen functional groups attached to an aromatic ring is 1. The van der Waals surface area contributed by atoms with E-state index < -0.39 is 0 Å². The molecule has 1 heterocycles. The molecular weight excluding hydrogens is 302 g/mol. The van der Waals surface area contributed by atoms with Crippen LogP contribution in [0.1, 0.15) is 0 Å². The van der Waals surface area contributed by atoms with Crippen LogP contribution in [0.4, 0.5) is 17.6 Å². The summed E-state index contributed by atoms with van der Waals surface area (Å²) in [6.07, 6.45) is 0. The summed E-state index contributed by atoms with van der Waals surface area (Å²) in [5.74, 6) is 1.07. The van der Waals surface area contributed by atoms with E-state index in [-0.39, 0.29) is 11.7 Å². The highest BCUT2D eigenvalue weighted by atomic mass is 35.5. The molecule has 4 N–H and O–H groups in total. The van der Waals surface area contributed by atoms with Crippen molar-refractivity contribution >= 4 is 29.2 Å². The van der Waals surface area contributed by atoms with Crippen molar-refractivity contribution in [3.63, 3.8) is 0 Å². The van der Waals surface area contributed by atoms with Crippen LogP contribution in [0.5, 0.6) is 5.75 Å². The Morgan fingerprint density at radius 2 is 1.59 bits per heavy atom. The molecule has 0 saturated carbocycles. The first-order valence-electron chi connectivity index (χ1n) is 6.44. The number of aromatic hydroxyl groups is 1. The minimum atomic E-state index is 0.112. The number of rotatable bonds is 3. The van der Waals surface area contributed by atoms with Crippen LogP contribution in [0.2, 0.25) is 5.02 Å². The van der Waals surface area contributed by atoms with Crippen molar-refractivity contribution in [3.8, 4) is 17.1 Å². The third kappa shape index (κ3) is 3.24. The predicted molar refractivity (Wildman–Crippen MR) is 86.1 cm³/mol. The van der Waals surface area contributed by atoms with Gasteiger partial charge in [0.2, 0.25) is 11.9 Å². The number of anilines is 3. The smallest absolute Gasteiger partial charge is 0.232 e.